The highest BCUT2D eigenvalue weighted by Gasteiger charge is 2.19. The summed E-state index contributed by atoms with van der Waals surface area (Å²) in [6.07, 6.45) is 5.90. The van der Waals surface area contributed by atoms with Crippen LogP contribution in [-0.2, 0) is 12.8 Å². The Morgan fingerprint density at radius 1 is 0.833 bits per heavy atom. The van der Waals surface area contributed by atoms with Gasteiger partial charge in [-0.05, 0) is 71.5 Å². The Morgan fingerprint density at radius 2 is 1.71 bits per heavy atom. The number of aryl methyl sites for hydroxylation is 2. The Morgan fingerprint density at radius 3 is 2.58 bits per heavy atom. The fraction of sp³-hybridized carbons (Fsp3) is 0.0952. The van der Waals surface area contributed by atoms with Crippen molar-refractivity contribution in [2.45, 2.75) is 12.8 Å². The van der Waals surface area contributed by atoms with Crippen molar-refractivity contribution >= 4 is 34.9 Å². The second-order valence-corrected chi connectivity index (χ2v) is 6.79. The third kappa shape index (κ3) is 2.98. The maximum Gasteiger partial charge on any atom is 0.0485 e. The molecule has 1 nitrogen and oxygen atoms in total. The van der Waals surface area contributed by atoms with E-state index in [0.29, 0.717) is 0 Å². The SMILES string of the molecule is Clc1cccc(/C=C2\c3ccc(Cl)cc3CCc3ncccc32)c1. The number of rotatable bonds is 1. The minimum Gasteiger partial charge on any atom is -0.261 e. The molecule has 0 atom stereocenters. The number of benzene rings is 2. The summed E-state index contributed by atoms with van der Waals surface area (Å²) in [7, 11) is 0. The van der Waals surface area contributed by atoms with Gasteiger partial charge >= 0.3 is 0 Å². The van der Waals surface area contributed by atoms with E-state index in [1.54, 1.807) is 0 Å². The van der Waals surface area contributed by atoms with Crippen LogP contribution in [0.4, 0.5) is 0 Å². The van der Waals surface area contributed by atoms with Gasteiger partial charge in [0.05, 0.1) is 0 Å². The van der Waals surface area contributed by atoms with E-state index in [4.69, 9.17) is 23.2 Å². The van der Waals surface area contributed by atoms with Crippen LogP contribution in [0.3, 0.4) is 0 Å². The van der Waals surface area contributed by atoms with E-state index in [2.05, 4.69) is 35.3 Å². The van der Waals surface area contributed by atoms with Gasteiger partial charge in [0.1, 0.15) is 0 Å². The molecule has 0 spiro atoms. The summed E-state index contributed by atoms with van der Waals surface area (Å²) in [4.78, 5) is 4.59. The lowest BCUT2D eigenvalue weighted by Crippen LogP contribution is -1.95. The largest absolute Gasteiger partial charge is 0.261 e. The highest BCUT2D eigenvalue weighted by Crippen LogP contribution is 2.35. The molecule has 4 rings (SSSR count). The predicted molar refractivity (Wildman–Crippen MR) is 102 cm³/mol. The second-order valence-electron chi connectivity index (χ2n) is 5.91. The number of fused-ring (bicyclic) bond motifs is 2. The summed E-state index contributed by atoms with van der Waals surface area (Å²) < 4.78 is 0. The first kappa shape index (κ1) is 15.4. The molecule has 2 aromatic carbocycles. The molecule has 1 heterocycles. The molecule has 0 unspecified atom stereocenters. The first-order valence-corrected chi connectivity index (χ1v) is 8.66. The third-order valence-electron chi connectivity index (χ3n) is 4.33. The molecular weight excluding hydrogens is 337 g/mol. The standard InChI is InChI=1S/C21H15Cl2N/c22-16-4-1-3-14(11-16)12-20-18-8-7-17(23)13-15(18)6-9-21-19(20)5-2-10-24-21/h1-5,7-8,10-13H,6,9H2/b20-12+. The molecule has 0 saturated carbocycles. The van der Waals surface area contributed by atoms with Gasteiger partial charge in [-0.15, -0.1) is 0 Å². The molecule has 0 bridgehead atoms. The van der Waals surface area contributed by atoms with Gasteiger partial charge in [-0.3, -0.25) is 4.98 Å². The molecular formula is C21H15Cl2N. The molecule has 0 aliphatic heterocycles. The van der Waals surface area contributed by atoms with Crippen LogP contribution in [0.15, 0.2) is 60.8 Å². The molecule has 0 fully saturated rings. The molecule has 0 amide bonds. The highest BCUT2D eigenvalue weighted by atomic mass is 35.5. The number of pyridine rings is 1. The van der Waals surface area contributed by atoms with E-state index in [0.717, 1.165) is 34.1 Å². The smallest absolute Gasteiger partial charge is 0.0485 e. The average Bonchev–Trinajstić information content (AvgIpc) is 2.73. The van der Waals surface area contributed by atoms with Crippen LogP contribution < -0.4 is 0 Å². The number of aromatic nitrogens is 1. The van der Waals surface area contributed by atoms with Crippen molar-refractivity contribution in [3.63, 3.8) is 0 Å². The fourth-order valence-corrected chi connectivity index (χ4v) is 3.62. The van der Waals surface area contributed by atoms with Crippen molar-refractivity contribution in [3.8, 4) is 0 Å². The quantitative estimate of drug-likeness (QED) is 0.517. The maximum atomic E-state index is 6.22. The molecule has 1 aromatic heterocycles. The summed E-state index contributed by atoms with van der Waals surface area (Å²) in [5.41, 5.74) is 7.02. The Bertz CT molecular complexity index is 944. The van der Waals surface area contributed by atoms with Gasteiger partial charge in [-0.1, -0.05) is 47.5 Å². The van der Waals surface area contributed by atoms with Crippen molar-refractivity contribution < 1.29 is 0 Å². The van der Waals surface area contributed by atoms with Gasteiger partial charge in [0.25, 0.3) is 0 Å². The monoisotopic (exact) mass is 351 g/mol. The van der Waals surface area contributed by atoms with Crippen LogP contribution >= 0.6 is 23.2 Å². The third-order valence-corrected chi connectivity index (χ3v) is 4.80. The normalized spacial score (nSPS) is 14.8. The Labute approximate surface area is 151 Å². The Balaban J connectivity index is 1.97. The maximum absolute atomic E-state index is 6.22. The van der Waals surface area contributed by atoms with E-state index in [-0.39, 0.29) is 0 Å². The van der Waals surface area contributed by atoms with E-state index >= 15 is 0 Å². The minimum absolute atomic E-state index is 0.737. The molecule has 3 heteroatoms. The molecule has 3 aromatic rings. The summed E-state index contributed by atoms with van der Waals surface area (Å²) >= 11 is 12.4. The van der Waals surface area contributed by atoms with Crippen LogP contribution in [0, 0.1) is 0 Å². The first-order chi connectivity index (χ1) is 11.7. The van der Waals surface area contributed by atoms with Crippen molar-refractivity contribution in [3.05, 3.63) is 98.8 Å². The van der Waals surface area contributed by atoms with Crippen LogP contribution in [0.5, 0.6) is 0 Å². The zero-order chi connectivity index (χ0) is 16.5. The lowest BCUT2D eigenvalue weighted by atomic mass is 9.93. The number of halogens is 2. The fourth-order valence-electron chi connectivity index (χ4n) is 3.23. The van der Waals surface area contributed by atoms with Crippen molar-refractivity contribution in [2.75, 3.05) is 0 Å². The number of nitrogens with zero attached hydrogens (tertiary/aromatic N) is 1. The van der Waals surface area contributed by atoms with Gasteiger partial charge in [0.15, 0.2) is 0 Å². The summed E-state index contributed by atoms with van der Waals surface area (Å²) in [6, 6.07) is 18.2. The van der Waals surface area contributed by atoms with E-state index in [1.165, 1.54) is 22.3 Å². The highest BCUT2D eigenvalue weighted by molar-refractivity contribution is 6.31. The Hall–Kier alpha value is -2.09. The van der Waals surface area contributed by atoms with Gasteiger partial charge < -0.3 is 0 Å². The molecule has 24 heavy (non-hydrogen) atoms. The molecule has 118 valence electrons. The molecule has 1 aliphatic carbocycles. The lowest BCUT2D eigenvalue weighted by molar-refractivity contribution is 0.918. The molecule has 0 saturated heterocycles. The predicted octanol–water partition coefficient (Wildman–Crippen LogP) is 6.08. The number of hydrogen-bond acceptors (Lipinski definition) is 1. The van der Waals surface area contributed by atoms with Crippen molar-refractivity contribution in [1.82, 2.24) is 4.98 Å². The zero-order valence-electron chi connectivity index (χ0n) is 13.0. The van der Waals surface area contributed by atoms with E-state index in [1.807, 2.05) is 36.5 Å². The van der Waals surface area contributed by atoms with E-state index in [9.17, 15) is 0 Å². The van der Waals surface area contributed by atoms with Crippen LogP contribution in [0.1, 0.15) is 27.9 Å². The summed E-state index contributed by atoms with van der Waals surface area (Å²) in [6.45, 7) is 0. The molecule has 1 aliphatic rings. The van der Waals surface area contributed by atoms with Crippen LogP contribution in [-0.4, -0.2) is 4.98 Å². The topological polar surface area (TPSA) is 12.9 Å². The number of hydrogen-bond donors (Lipinski definition) is 0. The molecule has 0 N–H and O–H groups in total. The van der Waals surface area contributed by atoms with Gasteiger partial charge in [-0.2, -0.15) is 0 Å². The summed E-state index contributed by atoms with van der Waals surface area (Å²) in [5.74, 6) is 0. The van der Waals surface area contributed by atoms with Crippen LogP contribution in [0.2, 0.25) is 10.0 Å². The average molecular weight is 352 g/mol. The lowest BCUT2D eigenvalue weighted by Gasteiger charge is -2.12. The van der Waals surface area contributed by atoms with Gasteiger partial charge in [0.2, 0.25) is 0 Å². The first-order valence-electron chi connectivity index (χ1n) is 7.91. The summed E-state index contributed by atoms with van der Waals surface area (Å²) in [5, 5.41) is 1.51. The van der Waals surface area contributed by atoms with Gasteiger partial charge in [-0.25, -0.2) is 0 Å². The molecule has 0 radical (unpaired) electrons. The van der Waals surface area contributed by atoms with E-state index < -0.39 is 0 Å². The van der Waals surface area contributed by atoms with Crippen molar-refractivity contribution in [2.24, 2.45) is 0 Å². The minimum atomic E-state index is 0.737. The Kier molecular flexibility index (Phi) is 4.13. The van der Waals surface area contributed by atoms with Gasteiger partial charge in [0, 0.05) is 27.5 Å². The van der Waals surface area contributed by atoms with Crippen LogP contribution in [0.25, 0.3) is 11.6 Å². The van der Waals surface area contributed by atoms with Crippen molar-refractivity contribution in [1.29, 1.82) is 0 Å². The zero-order valence-corrected chi connectivity index (χ0v) is 14.5. The second kappa shape index (κ2) is 6.43.